The SMILES string of the molecule is O=C(NCCC(=O)N1CCCC(C(=O)NCC2CC2)C1)c1ccc(Br)cc1. The van der Waals surface area contributed by atoms with Gasteiger partial charge in [-0.2, -0.15) is 0 Å². The highest BCUT2D eigenvalue weighted by Crippen LogP contribution is 2.28. The molecule has 1 saturated heterocycles. The van der Waals surface area contributed by atoms with Gasteiger partial charge in [-0.25, -0.2) is 0 Å². The third-order valence-electron chi connectivity index (χ3n) is 5.14. The maximum Gasteiger partial charge on any atom is 0.251 e. The van der Waals surface area contributed by atoms with Crippen LogP contribution in [0.5, 0.6) is 0 Å². The van der Waals surface area contributed by atoms with Crippen molar-refractivity contribution in [3.05, 3.63) is 34.3 Å². The molecule has 1 heterocycles. The van der Waals surface area contributed by atoms with Crippen molar-refractivity contribution in [2.45, 2.75) is 32.1 Å². The predicted molar refractivity (Wildman–Crippen MR) is 106 cm³/mol. The van der Waals surface area contributed by atoms with E-state index in [-0.39, 0.29) is 30.1 Å². The predicted octanol–water partition coefficient (Wildman–Crippen LogP) is 2.33. The van der Waals surface area contributed by atoms with Gasteiger partial charge >= 0.3 is 0 Å². The van der Waals surface area contributed by atoms with E-state index in [4.69, 9.17) is 0 Å². The van der Waals surface area contributed by atoms with Crippen molar-refractivity contribution in [3.63, 3.8) is 0 Å². The highest BCUT2D eigenvalue weighted by molar-refractivity contribution is 9.10. The molecule has 1 aliphatic carbocycles. The lowest BCUT2D eigenvalue weighted by atomic mass is 9.97. The third-order valence-corrected chi connectivity index (χ3v) is 5.67. The molecule has 1 aromatic rings. The molecule has 146 valence electrons. The minimum absolute atomic E-state index is 0.00852. The van der Waals surface area contributed by atoms with E-state index in [0.29, 0.717) is 31.1 Å². The van der Waals surface area contributed by atoms with Crippen LogP contribution in [0.1, 0.15) is 42.5 Å². The molecule has 27 heavy (non-hydrogen) atoms. The summed E-state index contributed by atoms with van der Waals surface area (Å²) in [6.45, 7) is 2.23. The summed E-state index contributed by atoms with van der Waals surface area (Å²) >= 11 is 3.33. The summed E-state index contributed by atoms with van der Waals surface area (Å²) in [4.78, 5) is 38.6. The van der Waals surface area contributed by atoms with Crippen LogP contribution in [0.4, 0.5) is 0 Å². The number of hydrogen-bond donors (Lipinski definition) is 2. The molecule has 0 spiro atoms. The van der Waals surface area contributed by atoms with Crippen molar-refractivity contribution >= 4 is 33.7 Å². The van der Waals surface area contributed by atoms with Gasteiger partial charge in [0.05, 0.1) is 5.92 Å². The Balaban J connectivity index is 1.39. The van der Waals surface area contributed by atoms with Gasteiger partial charge in [0.15, 0.2) is 0 Å². The summed E-state index contributed by atoms with van der Waals surface area (Å²) in [5, 5.41) is 5.80. The zero-order chi connectivity index (χ0) is 19.2. The Hall–Kier alpha value is -1.89. The van der Waals surface area contributed by atoms with Crippen molar-refractivity contribution in [1.29, 1.82) is 0 Å². The van der Waals surface area contributed by atoms with Crippen LogP contribution in [0.3, 0.4) is 0 Å². The second-order valence-corrected chi connectivity index (χ2v) is 8.30. The molecule has 1 atom stereocenters. The fraction of sp³-hybridized carbons (Fsp3) is 0.550. The molecular weight excluding hydrogens is 410 g/mol. The zero-order valence-corrected chi connectivity index (χ0v) is 17.0. The van der Waals surface area contributed by atoms with Gasteiger partial charge in [0.2, 0.25) is 11.8 Å². The molecule has 6 nitrogen and oxygen atoms in total. The van der Waals surface area contributed by atoms with Gasteiger partial charge in [-0.3, -0.25) is 14.4 Å². The number of benzene rings is 1. The molecule has 1 aliphatic heterocycles. The van der Waals surface area contributed by atoms with E-state index in [1.54, 1.807) is 17.0 Å². The second-order valence-electron chi connectivity index (χ2n) is 7.38. The van der Waals surface area contributed by atoms with Crippen LogP contribution < -0.4 is 10.6 Å². The van der Waals surface area contributed by atoms with Gasteiger partial charge in [-0.15, -0.1) is 0 Å². The number of nitrogens with one attached hydrogen (secondary N) is 2. The Morgan fingerprint density at radius 1 is 1.07 bits per heavy atom. The molecule has 2 aliphatic rings. The molecule has 1 saturated carbocycles. The lowest BCUT2D eigenvalue weighted by molar-refractivity contribution is -0.135. The van der Waals surface area contributed by atoms with Gasteiger partial charge in [0.25, 0.3) is 5.91 Å². The van der Waals surface area contributed by atoms with Crippen molar-refractivity contribution < 1.29 is 14.4 Å². The van der Waals surface area contributed by atoms with E-state index < -0.39 is 0 Å². The number of piperidine rings is 1. The van der Waals surface area contributed by atoms with Crippen LogP contribution >= 0.6 is 15.9 Å². The number of likely N-dealkylation sites (tertiary alicyclic amines) is 1. The number of rotatable bonds is 7. The second kappa shape index (κ2) is 9.35. The van der Waals surface area contributed by atoms with Gasteiger partial charge in [0, 0.05) is 42.6 Å². The monoisotopic (exact) mass is 435 g/mol. The molecule has 1 aromatic carbocycles. The maximum absolute atomic E-state index is 12.4. The topological polar surface area (TPSA) is 78.5 Å². The minimum Gasteiger partial charge on any atom is -0.356 e. The molecular formula is C20H26BrN3O3. The van der Waals surface area contributed by atoms with Crippen LogP contribution in [0.25, 0.3) is 0 Å². The van der Waals surface area contributed by atoms with Gasteiger partial charge in [-0.1, -0.05) is 15.9 Å². The fourth-order valence-electron chi connectivity index (χ4n) is 3.27. The number of halogens is 1. The van der Waals surface area contributed by atoms with Crippen molar-refractivity contribution in [3.8, 4) is 0 Å². The molecule has 0 radical (unpaired) electrons. The van der Waals surface area contributed by atoms with E-state index in [1.165, 1.54) is 12.8 Å². The van der Waals surface area contributed by atoms with E-state index in [2.05, 4.69) is 26.6 Å². The molecule has 0 aromatic heterocycles. The summed E-state index contributed by atoms with van der Waals surface area (Å²) in [7, 11) is 0. The maximum atomic E-state index is 12.4. The van der Waals surface area contributed by atoms with Crippen LogP contribution in [0.15, 0.2) is 28.7 Å². The first-order valence-electron chi connectivity index (χ1n) is 9.62. The van der Waals surface area contributed by atoms with E-state index in [1.807, 2.05) is 12.1 Å². The first kappa shape index (κ1) is 19.9. The van der Waals surface area contributed by atoms with Gasteiger partial charge < -0.3 is 15.5 Å². The summed E-state index contributed by atoms with van der Waals surface area (Å²) in [6.07, 6.45) is 4.35. The normalized spacial score (nSPS) is 19.4. The molecule has 3 rings (SSSR count). The number of nitrogens with zero attached hydrogens (tertiary/aromatic N) is 1. The van der Waals surface area contributed by atoms with E-state index in [0.717, 1.165) is 23.9 Å². The Bertz CT molecular complexity index is 688. The Morgan fingerprint density at radius 3 is 2.52 bits per heavy atom. The first-order chi connectivity index (χ1) is 13.0. The lowest BCUT2D eigenvalue weighted by Crippen LogP contribution is -2.46. The van der Waals surface area contributed by atoms with Crippen LogP contribution in [-0.2, 0) is 9.59 Å². The largest absolute Gasteiger partial charge is 0.356 e. The van der Waals surface area contributed by atoms with Crippen LogP contribution in [0.2, 0.25) is 0 Å². The highest BCUT2D eigenvalue weighted by Gasteiger charge is 2.29. The summed E-state index contributed by atoms with van der Waals surface area (Å²) in [5.41, 5.74) is 0.566. The summed E-state index contributed by atoms with van der Waals surface area (Å²) < 4.78 is 0.912. The van der Waals surface area contributed by atoms with Crippen molar-refractivity contribution in [2.24, 2.45) is 11.8 Å². The molecule has 2 fully saturated rings. The Morgan fingerprint density at radius 2 is 1.81 bits per heavy atom. The highest BCUT2D eigenvalue weighted by atomic mass is 79.9. The molecule has 3 amide bonds. The lowest BCUT2D eigenvalue weighted by Gasteiger charge is -2.32. The van der Waals surface area contributed by atoms with Crippen LogP contribution in [-0.4, -0.2) is 48.8 Å². The van der Waals surface area contributed by atoms with Crippen molar-refractivity contribution in [1.82, 2.24) is 15.5 Å². The zero-order valence-electron chi connectivity index (χ0n) is 15.4. The van der Waals surface area contributed by atoms with Gasteiger partial charge in [-0.05, 0) is 55.9 Å². The number of carbonyl (C=O) groups is 3. The summed E-state index contributed by atoms with van der Waals surface area (Å²) in [6, 6.07) is 7.08. The summed E-state index contributed by atoms with van der Waals surface area (Å²) in [5.74, 6) is 0.420. The third kappa shape index (κ3) is 6.06. The van der Waals surface area contributed by atoms with Crippen molar-refractivity contribution in [2.75, 3.05) is 26.2 Å². The number of carbonyl (C=O) groups excluding carboxylic acids is 3. The Labute approximate surface area is 168 Å². The average Bonchev–Trinajstić information content (AvgIpc) is 3.51. The van der Waals surface area contributed by atoms with E-state index >= 15 is 0 Å². The Kier molecular flexibility index (Phi) is 6.88. The van der Waals surface area contributed by atoms with Crippen LogP contribution in [0, 0.1) is 11.8 Å². The molecule has 7 heteroatoms. The minimum atomic E-state index is -0.189. The molecule has 1 unspecified atom stereocenters. The smallest absolute Gasteiger partial charge is 0.251 e. The number of amides is 3. The first-order valence-corrected chi connectivity index (χ1v) is 10.4. The molecule has 2 N–H and O–H groups in total. The number of hydrogen-bond acceptors (Lipinski definition) is 3. The van der Waals surface area contributed by atoms with Gasteiger partial charge in [0.1, 0.15) is 0 Å². The quantitative estimate of drug-likeness (QED) is 0.689. The molecule has 0 bridgehead atoms. The van der Waals surface area contributed by atoms with E-state index in [9.17, 15) is 14.4 Å². The average molecular weight is 436 g/mol. The fourth-order valence-corrected chi connectivity index (χ4v) is 3.54. The standard InChI is InChI=1S/C20H26BrN3O3/c21-17-7-5-15(6-8-17)19(26)22-10-9-18(25)24-11-1-2-16(13-24)20(27)23-12-14-3-4-14/h5-8,14,16H,1-4,9-13H2,(H,22,26)(H,23,27).